The molecule has 1 aromatic carbocycles. The van der Waals surface area contributed by atoms with Crippen molar-refractivity contribution >= 4 is 27.1 Å². The normalized spacial score (nSPS) is 11.3. The molecule has 22 heavy (non-hydrogen) atoms. The van der Waals surface area contributed by atoms with Gasteiger partial charge in [0.05, 0.1) is 11.6 Å². The molecule has 4 nitrogen and oxygen atoms in total. The molecule has 0 amide bonds. The minimum absolute atomic E-state index is 0.202. The molecule has 0 aliphatic heterocycles. The molecular formula is C17H18BrN3O. The summed E-state index contributed by atoms with van der Waals surface area (Å²) >= 11 is 3.42. The zero-order valence-electron chi connectivity index (χ0n) is 12.6. The van der Waals surface area contributed by atoms with E-state index in [1.54, 1.807) is 6.20 Å². The minimum atomic E-state index is 0.202. The highest BCUT2D eigenvalue weighted by Crippen LogP contribution is 2.17. The number of benzene rings is 1. The van der Waals surface area contributed by atoms with E-state index in [9.17, 15) is 0 Å². The molecule has 1 N–H and O–H groups in total. The zero-order valence-corrected chi connectivity index (χ0v) is 14.2. The average Bonchev–Trinajstić information content (AvgIpc) is 2.88. The molecule has 0 spiro atoms. The van der Waals surface area contributed by atoms with Gasteiger partial charge < -0.3 is 9.72 Å². The molecule has 3 aromatic rings. The maximum Gasteiger partial charge on any atom is 0.177 e. The van der Waals surface area contributed by atoms with E-state index in [0.29, 0.717) is 0 Å². The summed E-state index contributed by atoms with van der Waals surface area (Å²) in [4.78, 5) is 12.1. The summed E-state index contributed by atoms with van der Waals surface area (Å²) in [6.07, 6.45) is 3.76. The summed E-state index contributed by atoms with van der Waals surface area (Å²) in [7, 11) is 0. The lowest BCUT2D eigenvalue weighted by molar-refractivity contribution is 0.242. The van der Waals surface area contributed by atoms with Gasteiger partial charge in [0.1, 0.15) is 11.6 Å². The van der Waals surface area contributed by atoms with Crippen molar-refractivity contribution in [3.63, 3.8) is 0 Å². The smallest absolute Gasteiger partial charge is 0.177 e. The number of nitrogens with one attached hydrogen (secondary N) is 1. The van der Waals surface area contributed by atoms with E-state index in [-0.39, 0.29) is 6.10 Å². The third-order valence-electron chi connectivity index (χ3n) is 3.30. The second-order valence-electron chi connectivity index (χ2n) is 5.52. The Kier molecular flexibility index (Phi) is 4.43. The maximum atomic E-state index is 5.65. The Morgan fingerprint density at radius 2 is 1.95 bits per heavy atom. The molecule has 0 radical (unpaired) electrons. The van der Waals surface area contributed by atoms with Crippen molar-refractivity contribution in [2.45, 2.75) is 32.8 Å². The van der Waals surface area contributed by atoms with Crippen LogP contribution in [-0.4, -0.2) is 21.1 Å². The van der Waals surface area contributed by atoms with Gasteiger partial charge >= 0.3 is 0 Å². The van der Waals surface area contributed by atoms with Gasteiger partial charge in [-0.3, -0.25) is 0 Å². The first-order chi connectivity index (χ1) is 10.6. The molecule has 5 heteroatoms. The van der Waals surface area contributed by atoms with E-state index in [4.69, 9.17) is 4.74 Å². The van der Waals surface area contributed by atoms with Crippen LogP contribution in [0.15, 0.2) is 41.0 Å². The molecule has 114 valence electrons. The molecule has 0 saturated heterocycles. The molecule has 0 atom stereocenters. The van der Waals surface area contributed by atoms with E-state index in [1.165, 1.54) is 5.56 Å². The van der Waals surface area contributed by atoms with Crippen LogP contribution in [0.5, 0.6) is 5.75 Å². The van der Waals surface area contributed by atoms with E-state index < -0.39 is 0 Å². The number of hydrogen-bond donors (Lipinski definition) is 1. The van der Waals surface area contributed by atoms with Crippen molar-refractivity contribution in [3.8, 4) is 5.75 Å². The largest absolute Gasteiger partial charge is 0.491 e. The van der Waals surface area contributed by atoms with Crippen LogP contribution in [0.1, 0.15) is 25.2 Å². The molecule has 0 fully saturated rings. The van der Waals surface area contributed by atoms with Gasteiger partial charge in [0.25, 0.3) is 0 Å². The Labute approximate surface area is 138 Å². The first-order valence-electron chi connectivity index (χ1n) is 7.36. The van der Waals surface area contributed by atoms with Crippen LogP contribution in [0.4, 0.5) is 0 Å². The van der Waals surface area contributed by atoms with Gasteiger partial charge in [0.2, 0.25) is 0 Å². The minimum Gasteiger partial charge on any atom is -0.491 e. The van der Waals surface area contributed by atoms with Crippen molar-refractivity contribution in [1.82, 2.24) is 15.0 Å². The third kappa shape index (κ3) is 3.65. The fourth-order valence-electron chi connectivity index (χ4n) is 2.31. The lowest BCUT2D eigenvalue weighted by Crippen LogP contribution is -2.05. The number of halogens is 1. The van der Waals surface area contributed by atoms with Crippen molar-refractivity contribution in [3.05, 3.63) is 52.4 Å². The number of pyridine rings is 1. The fourth-order valence-corrected chi connectivity index (χ4v) is 2.64. The quantitative estimate of drug-likeness (QED) is 0.738. The molecule has 2 aromatic heterocycles. The molecule has 0 aliphatic rings. The van der Waals surface area contributed by atoms with E-state index in [2.05, 4.69) is 43.0 Å². The number of fused-ring (bicyclic) bond motifs is 1. The van der Waals surface area contributed by atoms with Crippen molar-refractivity contribution < 1.29 is 4.74 Å². The van der Waals surface area contributed by atoms with Crippen LogP contribution in [0.2, 0.25) is 0 Å². The molecule has 2 heterocycles. The van der Waals surface area contributed by atoms with Gasteiger partial charge in [0, 0.05) is 17.1 Å². The van der Waals surface area contributed by atoms with Crippen molar-refractivity contribution in [2.75, 3.05) is 0 Å². The average molecular weight is 360 g/mol. The Morgan fingerprint density at radius 1 is 1.18 bits per heavy atom. The van der Waals surface area contributed by atoms with Crippen LogP contribution in [0.3, 0.4) is 0 Å². The summed E-state index contributed by atoms with van der Waals surface area (Å²) in [5.74, 6) is 1.87. The highest BCUT2D eigenvalue weighted by Gasteiger charge is 2.05. The zero-order chi connectivity index (χ0) is 15.5. The Bertz CT molecular complexity index is 765. The number of rotatable bonds is 5. The standard InChI is InChI=1S/C17H18BrN3O/c1-11(2)22-14-6-3-12(4-7-14)5-8-16-20-15-9-13(18)10-19-17(15)21-16/h3-4,6-7,9-11H,5,8H2,1-2H3,(H,19,20,21). The summed E-state index contributed by atoms with van der Waals surface area (Å²) in [5.41, 5.74) is 3.00. The maximum absolute atomic E-state index is 5.65. The Balaban J connectivity index is 1.65. The van der Waals surface area contributed by atoms with E-state index in [0.717, 1.165) is 40.1 Å². The SMILES string of the molecule is CC(C)Oc1ccc(CCc2nc3ncc(Br)cc3[nH]2)cc1. The van der Waals surface area contributed by atoms with E-state index in [1.807, 2.05) is 32.0 Å². The van der Waals surface area contributed by atoms with Gasteiger partial charge in [0.15, 0.2) is 5.65 Å². The monoisotopic (exact) mass is 359 g/mol. The number of imidazole rings is 1. The van der Waals surface area contributed by atoms with Crippen molar-refractivity contribution in [1.29, 1.82) is 0 Å². The third-order valence-corrected chi connectivity index (χ3v) is 3.73. The van der Waals surface area contributed by atoms with Gasteiger partial charge in [-0.05, 0) is 60.0 Å². The number of hydrogen-bond acceptors (Lipinski definition) is 3. The van der Waals surface area contributed by atoms with Gasteiger partial charge in [-0.15, -0.1) is 0 Å². The molecule has 0 aliphatic carbocycles. The number of aryl methyl sites for hydroxylation is 2. The first kappa shape index (κ1) is 15.0. The molecular weight excluding hydrogens is 342 g/mol. The number of H-pyrrole nitrogens is 1. The van der Waals surface area contributed by atoms with Crippen LogP contribution in [0, 0.1) is 0 Å². The van der Waals surface area contributed by atoms with Gasteiger partial charge in [-0.1, -0.05) is 12.1 Å². The predicted octanol–water partition coefficient (Wildman–Crippen LogP) is 4.29. The topological polar surface area (TPSA) is 50.8 Å². The number of aromatic nitrogens is 3. The fraction of sp³-hybridized carbons (Fsp3) is 0.294. The lowest BCUT2D eigenvalue weighted by Gasteiger charge is -2.09. The summed E-state index contributed by atoms with van der Waals surface area (Å²) in [6, 6.07) is 10.3. The highest BCUT2D eigenvalue weighted by molar-refractivity contribution is 9.10. The Morgan fingerprint density at radius 3 is 2.68 bits per heavy atom. The highest BCUT2D eigenvalue weighted by atomic mass is 79.9. The van der Waals surface area contributed by atoms with E-state index >= 15 is 0 Å². The molecule has 3 rings (SSSR count). The second-order valence-corrected chi connectivity index (χ2v) is 6.43. The number of aromatic amines is 1. The summed E-state index contributed by atoms with van der Waals surface area (Å²) in [6.45, 7) is 4.06. The second kappa shape index (κ2) is 6.48. The predicted molar refractivity (Wildman–Crippen MR) is 91.2 cm³/mol. The molecule has 0 bridgehead atoms. The lowest BCUT2D eigenvalue weighted by atomic mass is 10.1. The van der Waals surface area contributed by atoms with Crippen LogP contribution < -0.4 is 4.74 Å². The summed E-state index contributed by atoms with van der Waals surface area (Å²) < 4.78 is 6.61. The summed E-state index contributed by atoms with van der Waals surface area (Å²) in [5, 5.41) is 0. The van der Waals surface area contributed by atoms with Gasteiger partial charge in [-0.25, -0.2) is 9.97 Å². The first-order valence-corrected chi connectivity index (χ1v) is 8.15. The Hall–Kier alpha value is -1.88. The van der Waals surface area contributed by atoms with Crippen LogP contribution in [-0.2, 0) is 12.8 Å². The van der Waals surface area contributed by atoms with Crippen LogP contribution in [0.25, 0.3) is 11.2 Å². The number of nitrogens with zero attached hydrogens (tertiary/aromatic N) is 2. The number of ether oxygens (including phenoxy) is 1. The molecule has 0 unspecified atom stereocenters. The van der Waals surface area contributed by atoms with Crippen molar-refractivity contribution in [2.24, 2.45) is 0 Å². The van der Waals surface area contributed by atoms with Crippen LogP contribution >= 0.6 is 15.9 Å². The molecule has 0 saturated carbocycles. The van der Waals surface area contributed by atoms with Gasteiger partial charge in [-0.2, -0.15) is 0 Å².